The van der Waals surface area contributed by atoms with E-state index in [1.54, 1.807) is 6.92 Å². The maximum atomic E-state index is 12.6. The molecule has 4 heteroatoms. The van der Waals surface area contributed by atoms with Crippen LogP contribution in [0.1, 0.15) is 27.2 Å². The number of carbonyl (C=O) groups excluding carboxylic acids is 1. The standard InChI is InChI=1S/C19H18N2O2/c1-13-8-6-7-11-16(13)18-17(14(2)21-23-18)19(22)20-12-15-9-4-3-5-10-15/h3-11H,12H2,1-2H3,(H,20,22). The highest BCUT2D eigenvalue weighted by molar-refractivity contribution is 6.00. The Morgan fingerprint density at radius 1 is 1.04 bits per heavy atom. The highest BCUT2D eigenvalue weighted by atomic mass is 16.5. The molecule has 0 radical (unpaired) electrons. The van der Waals surface area contributed by atoms with Gasteiger partial charge in [-0.3, -0.25) is 4.79 Å². The van der Waals surface area contributed by atoms with Gasteiger partial charge >= 0.3 is 0 Å². The molecule has 0 aliphatic heterocycles. The molecule has 1 heterocycles. The van der Waals surface area contributed by atoms with E-state index in [4.69, 9.17) is 4.52 Å². The van der Waals surface area contributed by atoms with E-state index in [0.717, 1.165) is 16.7 Å². The number of nitrogens with one attached hydrogen (secondary N) is 1. The third-order valence-electron chi connectivity index (χ3n) is 3.78. The van der Waals surface area contributed by atoms with Crippen LogP contribution < -0.4 is 5.32 Å². The third-order valence-corrected chi connectivity index (χ3v) is 3.78. The van der Waals surface area contributed by atoms with Gasteiger partial charge in [0.2, 0.25) is 0 Å². The number of hydrogen-bond donors (Lipinski definition) is 1. The van der Waals surface area contributed by atoms with Crippen molar-refractivity contribution in [3.8, 4) is 11.3 Å². The first-order valence-electron chi connectivity index (χ1n) is 7.51. The third kappa shape index (κ3) is 3.16. The summed E-state index contributed by atoms with van der Waals surface area (Å²) in [6.45, 7) is 4.24. The minimum Gasteiger partial charge on any atom is -0.355 e. The van der Waals surface area contributed by atoms with Gasteiger partial charge in [-0.1, -0.05) is 59.8 Å². The fourth-order valence-electron chi connectivity index (χ4n) is 2.52. The summed E-state index contributed by atoms with van der Waals surface area (Å²) in [5, 5.41) is 6.91. The molecule has 0 fully saturated rings. The lowest BCUT2D eigenvalue weighted by Crippen LogP contribution is -2.23. The van der Waals surface area contributed by atoms with Crippen molar-refractivity contribution in [1.29, 1.82) is 0 Å². The molecular weight excluding hydrogens is 288 g/mol. The number of hydrogen-bond acceptors (Lipinski definition) is 3. The summed E-state index contributed by atoms with van der Waals surface area (Å²) in [5.41, 5.74) is 4.06. The lowest BCUT2D eigenvalue weighted by atomic mass is 10.0. The molecule has 1 aromatic heterocycles. The van der Waals surface area contributed by atoms with E-state index in [-0.39, 0.29) is 5.91 Å². The van der Waals surface area contributed by atoms with Crippen LogP contribution in [0.25, 0.3) is 11.3 Å². The van der Waals surface area contributed by atoms with Gasteiger partial charge in [0.15, 0.2) is 5.76 Å². The van der Waals surface area contributed by atoms with Crippen LogP contribution in [0.5, 0.6) is 0 Å². The molecule has 0 bridgehead atoms. The Hall–Kier alpha value is -2.88. The summed E-state index contributed by atoms with van der Waals surface area (Å²) in [6, 6.07) is 17.6. The number of benzene rings is 2. The van der Waals surface area contributed by atoms with Gasteiger partial charge < -0.3 is 9.84 Å². The zero-order chi connectivity index (χ0) is 16.2. The molecule has 116 valence electrons. The Balaban J connectivity index is 1.87. The number of carbonyl (C=O) groups is 1. The largest absolute Gasteiger partial charge is 0.355 e. The maximum Gasteiger partial charge on any atom is 0.257 e. The lowest BCUT2D eigenvalue weighted by molar-refractivity contribution is 0.0950. The van der Waals surface area contributed by atoms with Crippen molar-refractivity contribution in [3.63, 3.8) is 0 Å². The zero-order valence-corrected chi connectivity index (χ0v) is 13.2. The molecule has 0 saturated carbocycles. The second-order valence-corrected chi connectivity index (χ2v) is 5.46. The molecule has 3 rings (SSSR count). The minimum atomic E-state index is -0.175. The zero-order valence-electron chi connectivity index (χ0n) is 13.2. The number of aromatic nitrogens is 1. The average Bonchev–Trinajstić information content (AvgIpc) is 2.95. The Kier molecular flexibility index (Phi) is 4.24. The highest BCUT2D eigenvalue weighted by Gasteiger charge is 2.22. The highest BCUT2D eigenvalue weighted by Crippen LogP contribution is 2.28. The van der Waals surface area contributed by atoms with Crippen LogP contribution in [0, 0.1) is 13.8 Å². The molecule has 1 N–H and O–H groups in total. The van der Waals surface area contributed by atoms with Crippen LogP contribution >= 0.6 is 0 Å². The molecule has 4 nitrogen and oxygen atoms in total. The SMILES string of the molecule is Cc1ccccc1-c1onc(C)c1C(=O)NCc1ccccc1. The Labute approximate surface area is 135 Å². The summed E-state index contributed by atoms with van der Waals surface area (Å²) in [6.07, 6.45) is 0. The van der Waals surface area contributed by atoms with Crippen molar-refractivity contribution < 1.29 is 9.32 Å². The van der Waals surface area contributed by atoms with Crippen molar-refractivity contribution in [2.45, 2.75) is 20.4 Å². The van der Waals surface area contributed by atoms with Crippen molar-refractivity contribution >= 4 is 5.91 Å². The average molecular weight is 306 g/mol. The molecule has 0 saturated heterocycles. The van der Waals surface area contributed by atoms with Gasteiger partial charge in [0, 0.05) is 12.1 Å². The molecular formula is C19H18N2O2. The fourth-order valence-corrected chi connectivity index (χ4v) is 2.52. The summed E-state index contributed by atoms with van der Waals surface area (Å²) < 4.78 is 5.42. The molecule has 3 aromatic rings. The van der Waals surface area contributed by atoms with Gasteiger partial charge in [0.05, 0.1) is 5.69 Å². The van der Waals surface area contributed by atoms with E-state index in [1.807, 2.05) is 61.5 Å². The first-order chi connectivity index (χ1) is 11.2. The van der Waals surface area contributed by atoms with E-state index in [2.05, 4.69) is 10.5 Å². The lowest BCUT2D eigenvalue weighted by Gasteiger charge is -2.07. The first-order valence-corrected chi connectivity index (χ1v) is 7.51. The first kappa shape index (κ1) is 15.0. The predicted octanol–water partition coefficient (Wildman–Crippen LogP) is 3.89. The maximum absolute atomic E-state index is 12.6. The minimum absolute atomic E-state index is 0.175. The molecule has 0 aliphatic carbocycles. The Morgan fingerprint density at radius 3 is 2.48 bits per heavy atom. The summed E-state index contributed by atoms with van der Waals surface area (Å²) in [4.78, 5) is 12.6. The number of aryl methyl sites for hydroxylation is 2. The van der Waals surface area contributed by atoms with Gasteiger partial charge in [-0.25, -0.2) is 0 Å². The van der Waals surface area contributed by atoms with Crippen molar-refractivity contribution in [2.24, 2.45) is 0 Å². The van der Waals surface area contributed by atoms with E-state index in [0.29, 0.717) is 23.6 Å². The molecule has 23 heavy (non-hydrogen) atoms. The molecule has 0 aliphatic rings. The number of amides is 1. The molecule has 1 amide bonds. The second-order valence-electron chi connectivity index (χ2n) is 5.46. The predicted molar refractivity (Wildman–Crippen MR) is 89.0 cm³/mol. The van der Waals surface area contributed by atoms with Crippen LogP contribution in [0.3, 0.4) is 0 Å². The molecule has 0 unspecified atom stereocenters. The van der Waals surface area contributed by atoms with Gasteiger partial charge in [-0.2, -0.15) is 0 Å². The van der Waals surface area contributed by atoms with E-state index < -0.39 is 0 Å². The second kappa shape index (κ2) is 6.48. The summed E-state index contributed by atoms with van der Waals surface area (Å²) in [7, 11) is 0. The normalized spacial score (nSPS) is 10.5. The monoisotopic (exact) mass is 306 g/mol. The van der Waals surface area contributed by atoms with Crippen LogP contribution in [0.4, 0.5) is 0 Å². The summed E-state index contributed by atoms with van der Waals surface area (Å²) in [5.74, 6) is 0.344. The quantitative estimate of drug-likeness (QED) is 0.795. The van der Waals surface area contributed by atoms with E-state index in [1.165, 1.54) is 0 Å². The topological polar surface area (TPSA) is 55.1 Å². The summed E-state index contributed by atoms with van der Waals surface area (Å²) >= 11 is 0. The van der Waals surface area contributed by atoms with Gasteiger partial charge in [0.1, 0.15) is 5.56 Å². The van der Waals surface area contributed by atoms with Crippen LogP contribution in [-0.2, 0) is 6.54 Å². The smallest absolute Gasteiger partial charge is 0.257 e. The van der Waals surface area contributed by atoms with Crippen LogP contribution in [0.15, 0.2) is 59.1 Å². The van der Waals surface area contributed by atoms with E-state index in [9.17, 15) is 4.79 Å². The van der Waals surface area contributed by atoms with E-state index >= 15 is 0 Å². The molecule has 0 spiro atoms. The Bertz CT molecular complexity index is 822. The van der Waals surface area contributed by atoms with Crippen molar-refractivity contribution in [3.05, 3.63) is 77.0 Å². The number of rotatable bonds is 4. The van der Waals surface area contributed by atoms with Crippen molar-refractivity contribution in [1.82, 2.24) is 10.5 Å². The van der Waals surface area contributed by atoms with Crippen LogP contribution in [-0.4, -0.2) is 11.1 Å². The molecule has 2 aromatic carbocycles. The van der Waals surface area contributed by atoms with Crippen molar-refractivity contribution in [2.75, 3.05) is 0 Å². The van der Waals surface area contributed by atoms with Gasteiger partial charge in [0.25, 0.3) is 5.91 Å². The fraction of sp³-hybridized carbons (Fsp3) is 0.158. The van der Waals surface area contributed by atoms with Crippen LogP contribution in [0.2, 0.25) is 0 Å². The Morgan fingerprint density at radius 2 is 1.74 bits per heavy atom. The number of nitrogens with zero attached hydrogens (tertiary/aromatic N) is 1. The van der Waals surface area contributed by atoms with Gasteiger partial charge in [-0.05, 0) is 25.0 Å². The molecule has 0 atom stereocenters. The van der Waals surface area contributed by atoms with Gasteiger partial charge in [-0.15, -0.1) is 0 Å².